The summed E-state index contributed by atoms with van der Waals surface area (Å²) < 4.78 is 16.4. The fraction of sp³-hybridized carbons (Fsp3) is 0.235. The molecule has 3 aromatic rings. The van der Waals surface area contributed by atoms with Gasteiger partial charge in [0.25, 0.3) is 11.8 Å². The SMILES string of the molecule is Cc1cc(-c2nnc(NC(=O)C(C)Oc3ccccc3)o2)c(C)o1. The monoisotopic (exact) mass is 327 g/mol. The van der Waals surface area contributed by atoms with Gasteiger partial charge >= 0.3 is 6.01 Å². The van der Waals surface area contributed by atoms with Crippen molar-refractivity contribution in [1.29, 1.82) is 0 Å². The highest BCUT2D eigenvalue weighted by molar-refractivity contribution is 5.92. The van der Waals surface area contributed by atoms with Crippen LogP contribution in [0.15, 0.2) is 45.2 Å². The van der Waals surface area contributed by atoms with Crippen molar-refractivity contribution >= 4 is 11.9 Å². The topological polar surface area (TPSA) is 90.4 Å². The second-order valence-electron chi connectivity index (χ2n) is 5.30. The predicted octanol–water partition coefficient (Wildman–Crippen LogP) is 3.35. The molecule has 7 heteroatoms. The van der Waals surface area contributed by atoms with Gasteiger partial charge in [0.1, 0.15) is 17.3 Å². The first-order chi connectivity index (χ1) is 11.5. The Morgan fingerprint density at radius 2 is 1.92 bits per heavy atom. The molecule has 0 aliphatic rings. The molecule has 1 unspecified atom stereocenters. The van der Waals surface area contributed by atoms with Crippen LogP contribution in [0.1, 0.15) is 18.4 Å². The fourth-order valence-electron chi connectivity index (χ4n) is 2.19. The average Bonchev–Trinajstić information content (AvgIpc) is 3.14. The third-order valence-corrected chi connectivity index (χ3v) is 3.35. The molecule has 0 aliphatic carbocycles. The zero-order valence-electron chi connectivity index (χ0n) is 13.6. The molecule has 7 nitrogen and oxygen atoms in total. The number of anilines is 1. The molecule has 0 saturated carbocycles. The van der Waals surface area contributed by atoms with Crippen LogP contribution in [0.25, 0.3) is 11.5 Å². The summed E-state index contributed by atoms with van der Waals surface area (Å²) in [6, 6.07) is 10.9. The number of carbonyl (C=O) groups is 1. The molecular formula is C17H17N3O4. The number of aromatic nitrogens is 2. The Hall–Kier alpha value is -3.09. The maximum Gasteiger partial charge on any atom is 0.322 e. The summed E-state index contributed by atoms with van der Waals surface area (Å²) in [5, 5.41) is 10.3. The van der Waals surface area contributed by atoms with Crippen LogP contribution in [-0.4, -0.2) is 22.2 Å². The number of furan rings is 1. The van der Waals surface area contributed by atoms with Crippen molar-refractivity contribution in [2.24, 2.45) is 0 Å². The van der Waals surface area contributed by atoms with Gasteiger partial charge in [0, 0.05) is 0 Å². The Labute approximate surface area is 138 Å². The van der Waals surface area contributed by atoms with Gasteiger partial charge < -0.3 is 13.6 Å². The van der Waals surface area contributed by atoms with E-state index in [0.29, 0.717) is 17.1 Å². The minimum absolute atomic E-state index is 0.0109. The summed E-state index contributed by atoms with van der Waals surface area (Å²) in [5.74, 6) is 1.94. The first-order valence-electron chi connectivity index (χ1n) is 7.46. The summed E-state index contributed by atoms with van der Waals surface area (Å²) in [5.41, 5.74) is 0.703. The second kappa shape index (κ2) is 6.57. The highest BCUT2D eigenvalue weighted by Crippen LogP contribution is 2.26. The van der Waals surface area contributed by atoms with E-state index in [1.54, 1.807) is 32.0 Å². The molecule has 3 rings (SSSR count). The number of carbonyl (C=O) groups excluding carboxylic acids is 1. The fourth-order valence-corrected chi connectivity index (χ4v) is 2.19. The molecule has 0 radical (unpaired) electrons. The van der Waals surface area contributed by atoms with Crippen LogP contribution in [-0.2, 0) is 4.79 Å². The Balaban J connectivity index is 1.66. The third kappa shape index (κ3) is 3.45. The average molecular weight is 327 g/mol. The smallest absolute Gasteiger partial charge is 0.322 e. The zero-order chi connectivity index (χ0) is 17.1. The lowest BCUT2D eigenvalue weighted by Crippen LogP contribution is -2.30. The number of nitrogens with zero attached hydrogens (tertiary/aromatic N) is 2. The summed E-state index contributed by atoms with van der Waals surface area (Å²) >= 11 is 0. The van der Waals surface area contributed by atoms with Crippen LogP contribution in [0.5, 0.6) is 5.75 Å². The van der Waals surface area contributed by atoms with E-state index in [9.17, 15) is 4.79 Å². The maximum atomic E-state index is 12.2. The predicted molar refractivity (Wildman–Crippen MR) is 86.6 cm³/mol. The number of hydrogen-bond donors (Lipinski definition) is 1. The molecule has 0 spiro atoms. The number of rotatable bonds is 5. The molecule has 2 heterocycles. The lowest BCUT2D eigenvalue weighted by Gasteiger charge is -2.12. The second-order valence-corrected chi connectivity index (χ2v) is 5.30. The highest BCUT2D eigenvalue weighted by Gasteiger charge is 2.19. The van der Waals surface area contributed by atoms with Crippen molar-refractivity contribution in [2.75, 3.05) is 5.32 Å². The van der Waals surface area contributed by atoms with E-state index in [-0.39, 0.29) is 17.8 Å². The summed E-state index contributed by atoms with van der Waals surface area (Å²) in [6.07, 6.45) is -0.708. The van der Waals surface area contributed by atoms with E-state index >= 15 is 0 Å². The Morgan fingerprint density at radius 1 is 1.17 bits per heavy atom. The van der Waals surface area contributed by atoms with Crippen LogP contribution in [0.2, 0.25) is 0 Å². The summed E-state index contributed by atoms with van der Waals surface area (Å²) in [6.45, 7) is 5.28. The molecule has 1 atom stereocenters. The van der Waals surface area contributed by atoms with Gasteiger partial charge in [-0.25, -0.2) is 0 Å². The van der Waals surface area contributed by atoms with Crippen molar-refractivity contribution in [3.63, 3.8) is 0 Å². The normalized spacial score (nSPS) is 12.0. The Kier molecular flexibility index (Phi) is 4.33. The summed E-state index contributed by atoms with van der Waals surface area (Å²) in [4.78, 5) is 12.2. The van der Waals surface area contributed by atoms with Gasteiger partial charge in [-0.05, 0) is 39.0 Å². The molecule has 1 aromatic carbocycles. The number of aryl methyl sites for hydroxylation is 2. The van der Waals surface area contributed by atoms with E-state index in [4.69, 9.17) is 13.6 Å². The number of hydrogen-bond acceptors (Lipinski definition) is 6. The Morgan fingerprint density at radius 3 is 2.58 bits per heavy atom. The van der Waals surface area contributed by atoms with Gasteiger partial charge in [0.05, 0.1) is 5.56 Å². The molecule has 1 amide bonds. The van der Waals surface area contributed by atoms with Crippen molar-refractivity contribution < 1.29 is 18.4 Å². The lowest BCUT2D eigenvalue weighted by molar-refractivity contribution is -0.122. The minimum Gasteiger partial charge on any atom is -0.481 e. The third-order valence-electron chi connectivity index (χ3n) is 3.35. The van der Waals surface area contributed by atoms with Crippen LogP contribution in [0.3, 0.4) is 0 Å². The van der Waals surface area contributed by atoms with Crippen molar-refractivity contribution in [1.82, 2.24) is 10.2 Å². The van der Waals surface area contributed by atoms with Crippen LogP contribution in [0, 0.1) is 13.8 Å². The molecular weight excluding hydrogens is 310 g/mol. The minimum atomic E-state index is -0.708. The van der Waals surface area contributed by atoms with Crippen molar-refractivity contribution in [3.05, 3.63) is 47.9 Å². The lowest BCUT2D eigenvalue weighted by atomic mass is 10.2. The Bertz CT molecular complexity index is 839. The standard InChI is InChI=1S/C17H17N3O4/c1-10-9-14(11(2)22-10)16-19-20-17(24-16)18-15(21)12(3)23-13-7-5-4-6-8-13/h4-9,12H,1-3H3,(H,18,20,21). The van der Waals surface area contributed by atoms with Crippen molar-refractivity contribution in [2.45, 2.75) is 26.9 Å². The quantitative estimate of drug-likeness (QED) is 0.773. The van der Waals surface area contributed by atoms with Gasteiger partial charge in [-0.2, -0.15) is 0 Å². The number of ether oxygens (including phenoxy) is 1. The largest absolute Gasteiger partial charge is 0.481 e. The van der Waals surface area contributed by atoms with Crippen LogP contribution >= 0.6 is 0 Å². The molecule has 1 N–H and O–H groups in total. The van der Waals surface area contributed by atoms with E-state index in [1.165, 1.54) is 0 Å². The number of benzene rings is 1. The number of para-hydroxylation sites is 1. The first kappa shape index (κ1) is 15.8. The summed E-state index contributed by atoms with van der Waals surface area (Å²) in [7, 11) is 0. The van der Waals surface area contributed by atoms with Gasteiger partial charge in [0.2, 0.25) is 0 Å². The van der Waals surface area contributed by atoms with Crippen molar-refractivity contribution in [3.8, 4) is 17.2 Å². The van der Waals surface area contributed by atoms with E-state index in [0.717, 1.165) is 5.76 Å². The molecule has 2 aromatic heterocycles. The highest BCUT2D eigenvalue weighted by atomic mass is 16.5. The molecule has 124 valence electrons. The maximum absolute atomic E-state index is 12.2. The molecule has 0 fully saturated rings. The molecule has 24 heavy (non-hydrogen) atoms. The van der Waals surface area contributed by atoms with E-state index in [2.05, 4.69) is 15.5 Å². The van der Waals surface area contributed by atoms with Crippen LogP contribution in [0.4, 0.5) is 6.01 Å². The first-order valence-corrected chi connectivity index (χ1v) is 7.46. The zero-order valence-corrected chi connectivity index (χ0v) is 13.6. The molecule has 0 aliphatic heterocycles. The van der Waals surface area contributed by atoms with Gasteiger partial charge in [-0.3, -0.25) is 10.1 Å². The molecule has 0 bridgehead atoms. The van der Waals surface area contributed by atoms with Gasteiger partial charge in [-0.15, -0.1) is 5.10 Å². The van der Waals surface area contributed by atoms with Gasteiger partial charge in [0.15, 0.2) is 6.10 Å². The number of nitrogens with one attached hydrogen (secondary N) is 1. The number of amides is 1. The molecule has 0 saturated heterocycles. The van der Waals surface area contributed by atoms with E-state index in [1.807, 2.05) is 25.1 Å². The van der Waals surface area contributed by atoms with Gasteiger partial charge in [-0.1, -0.05) is 23.3 Å². The van der Waals surface area contributed by atoms with Crippen LogP contribution < -0.4 is 10.1 Å². The van der Waals surface area contributed by atoms with E-state index < -0.39 is 6.10 Å².